The number of fused-ring (bicyclic) bond motifs is 1. The second kappa shape index (κ2) is 9.35. The van der Waals surface area contributed by atoms with Gasteiger partial charge in [0.15, 0.2) is 0 Å². The summed E-state index contributed by atoms with van der Waals surface area (Å²) in [6, 6.07) is 20.6. The van der Waals surface area contributed by atoms with E-state index >= 15 is 0 Å². The van der Waals surface area contributed by atoms with Crippen LogP contribution < -0.4 is 15.8 Å². The third-order valence-electron chi connectivity index (χ3n) is 5.08. The first-order valence-corrected chi connectivity index (χ1v) is 10.2. The summed E-state index contributed by atoms with van der Waals surface area (Å²) in [4.78, 5) is 22.1. The van der Waals surface area contributed by atoms with E-state index in [9.17, 15) is 14.9 Å². The molecular formula is C25H21N3O5. The highest BCUT2D eigenvalue weighted by Gasteiger charge is 2.09. The Hall–Kier alpha value is -4.46. The van der Waals surface area contributed by atoms with Crippen LogP contribution in [-0.2, 0) is 0 Å². The molecule has 8 heteroatoms. The maximum atomic E-state index is 11.7. The van der Waals surface area contributed by atoms with Crippen molar-refractivity contribution >= 4 is 28.1 Å². The Kier molecular flexibility index (Phi) is 6.17. The monoisotopic (exact) mass is 443 g/mol. The molecule has 33 heavy (non-hydrogen) atoms. The van der Waals surface area contributed by atoms with Gasteiger partial charge in [0.05, 0.1) is 10.6 Å². The zero-order valence-electron chi connectivity index (χ0n) is 18.1. The molecule has 0 aliphatic rings. The third kappa shape index (κ3) is 5.24. The van der Waals surface area contributed by atoms with Crippen molar-refractivity contribution in [3.63, 3.8) is 0 Å². The van der Waals surface area contributed by atoms with Gasteiger partial charge in [-0.05, 0) is 43.7 Å². The molecule has 4 aromatic rings. The maximum Gasteiger partial charge on any atom is 0.336 e. The number of hydrazone groups is 1. The lowest BCUT2D eigenvalue weighted by Gasteiger charge is -2.11. The van der Waals surface area contributed by atoms with Crippen LogP contribution in [0.1, 0.15) is 16.7 Å². The van der Waals surface area contributed by atoms with Gasteiger partial charge >= 0.3 is 5.63 Å². The van der Waals surface area contributed by atoms with E-state index in [0.29, 0.717) is 22.7 Å². The first-order valence-electron chi connectivity index (χ1n) is 10.2. The van der Waals surface area contributed by atoms with Gasteiger partial charge in [0.1, 0.15) is 23.7 Å². The quantitative estimate of drug-likeness (QED) is 0.182. The largest absolute Gasteiger partial charge is 0.487 e. The molecular weight excluding hydrogens is 422 g/mol. The fourth-order valence-corrected chi connectivity index (χ4v) is 3.26. The van der Waals surface area contributed by atoms with E-state index in [0.717, 1.165) is 22.1 Å². The van der Waals surface area contributed by atoms with Crippen molar-refractivity contribution in [3.05, 3.63) is 110 Å². The standard InChI is InChI=1S/C25H21N3O5/c1-16-3-5-18(6-4-16)23(27-26-19-7-9-20(10-8-19)28(30)31)15-32-21-11-12-22-17(2)13-25(29)33-24(22)14-21/h3-14,26H,15H2,1-2H3/b27-23-. The second-order valence-electron chi connectivity index (χ2n) is 7.54. The number of nitro benzene ring substituents is 1. The molecule has 0 spiro atoms. The number of rotatable bonds is 7. The summed E-state index contributed by atoms with van der Waals surface area (Å²) in [6.07, 6.45) is 0. The van der Waals surface area contributed by atoms with Crippen molar-refractivity contribution in [1.82, 2.24) is 0 Å². The minimum Gasteiger partial charge on any atom is -0.487 e. The van der Waals surface area contributed by atoms with Crippen LogP contribution in [0.15, 0.2) is 87.1 Å². The summed E-state index contributed by atoms with van der Waals surface area (Å²) in [5.41, 5.74) is 7.01. The van der Waals surface area contributed by atoms with Crippen molar-refractivity contribution in [2.45, 2.75) is 13.8 Å². The number of benzene rings is 3. The smallest absolute Gasteiger partial charge is 0.336 e. The SMILES string of the molecule is Cc1ccc(/C(COc2ccc3c(C)cc(=O)oc3c2)=N\Nc2ccc([N+](=O)[O-])cc2)cc1. The number of non-ortho nitro benzene ring substituents is 1. The molecule has 1 aromatic heterocycles. The first kappa shape index (κ1) is 21.8. The molecule has 166 valence electrons. The number of aryl methyl sites for hydroxylation is 2. The van der Waals surface area contributed by atoms with Crippen molar-refractivity contribution < 1.29 is 14.1 Å². The normalized spacial score (nSPS) is 11.4. The summed E-state index contributed by atoms with van der Waals surface area (Å²) < 4.78 is 11.3. The van der Waals surface area contributed by atoms with Crippen LogP contribution in [0.4, 0.5) is 11.4 Å². The molecule has 0 atom stereocenters. The lowest BCUT2D eigenvalue weighted by Crippen LogP contribution is -2.15. The van der Waals surface area contributed by atoms with Crippen molar-refractivity contribution in [2.75, 3.05) is 12.0 Å². The Morgan fingerprint density at radius 2 is 1.76 bits per heavy atom. The van der Waals surface area contributed by atoms with Crippen molar-refractivity contribution in [3.8, 4) is 5.75 Å². The fourth-order valence-electron chi connectivity index (χ4n) is 3.26. The average Bonchev–Trinajstić information content (AvgIpc) is 2.80. The highest BCUT2D eigenvalue weighted by Crippen LogP contribution is 2.22. The summed E-state index contributed by atoms with van der Waals surface area (Å²) >= 11 is 0. The highest BCUT2D eigenvalue weighted by atomic mass is 16.6. The number of ether oxygens (including phenoxy) is 1. The minimum atomic E-state index is -0.453. The van der Waals surface area contributed by atoms with E-state index in [1.165, 1.54) is 18.2 Å². The van der Waals surface area contributed by atoms with E-state index in [2.05, 4.69) is 10.5 Å². The fraction of sp³-hybridized carbons (Fsp3) is 0.120. The zero-order chi connectivity index (χ0) is 23.4. The lowest BCUT2D eigenvalue weighted by atomic mass is 10.1. The summed E-state index contributed by atoms with van der Waals surface area (Å²) in [5.74, 6) is 0.534. The average molecular weight is 443 g/mol. The van der Waals surface area contributed by atoms with Crippen LogP contribution in [-0.4, -0.2) is 17.2 Å². The van der Waals surface area contributed by atoms with Gasteiger partial charge in [-0.25, -0.2) is 4.79 Å². The van der Waals surface area contributed by atoms with E-state index in [4.69, 9.17) is 9.15 Å². The number of anilines is 1. The van der Waals surface area contributed by atoms with Gasteiger partial charge in [-0.1, -0.05) is 29.8 Å². The van der Waals surface area contributed by atoms with E-state index in [1.807, 2.05) is 50.2 Å². The van der Waals surface area contributed by atoms with Gasteiger partial charge in [-0.2, -0.15) is 5.10 Å². The van der Waals surface area contributed by atoms with Crippen LogP contribution in [0.3, 0.4) is 0 Å². The second-order valence-corrected chi connectivity index (χ2v) is 7.54. The molecule has 0 aliphatic heterocycles. The highest BCUT2D eigenvalue weighted by molar-refractivity contribution is 6.02. The van der Waals surface area contributed by atoms with E-state index < -0.39 is 10.5 Å². The zero-order valence-corrected chi connectivity index (χ0v) is 18.1. The Morgan fingerprint density at radius 3 is 2.45 bits per heavy atom. The number of nitrogens with one attached hydrogen (secondary N) is 1. The van der Waals surface area contributed by atoms with Crippen molar-refractivity contribution in [2.24, 2.45) is 5.10 Å². The molecule has 0 amide bonds. The molecule has 3 aromatic carbocycles. The maximum absolute atomic E-state index is 11.7. The molecule has 0 bridgehead atoms. The lowest BCUT2D eigenvalue weighted by molar-refractivity contribution is -0.384. The van der Waals surface area contributed by atoms with Gasteiger partial charge in [-0.15, -0.1) is 0 Å². The van der Waals surface area contributed by atoms with Gasteiger partial charge < -0.3 is 9.15 Å². The number of hydrogen-bond donors (Lipinski definition) is 1. The van der Waals surface area contributed by atoms with E-state index in [1.54, 1.807) is 18.2 Å². The Morgan fingerprint density at radius 1 is 1.03 bits per heavy atom. The predicted molar refractivity (Wildman–Crippen MR) is 127 cm³/mol. The first-order chi connectivity index (χ1) is 15.9. The molecule has 0 aliphatic carbocycles. The summed E-state index contributed by atoms with van der Waals surface area (Å²) in [5, 5.41) is 16.2. The Labute approximate surface area is 189 Å². The van der Waals surface area contributed by atoms with Crippen molar-refractivity contribution in [1.29, 1.82) is 0 Å². The van der Waals surface area contributed by atoms with Gasteiger partial charge in [0, 0.05) is 35.2 Å². The van der Waals surface area contributed by atoms with E-state index in [-0.39, 0.29) is 12.3 Å². The molecule has 1 heterocycles. The van der Waals surface area contributed by atoms with Gasteiger partial charge in [0.2, 0.25) is 0 Å². The van der Waals surface area contributed by atoms with Crippen LogP contribution in [0.2, 0.25) is 0 Å². The third-order valence-corrected chi connectivity index (χ3v) is 5.08. The number of nitrogens with zero attached hydrogens (tertiary/aromatic N) is 2. The number of nitro groups is 1. The molecule has 0 saturated carbocycles. The summed E-state index contributed by atoms with van der Waals surface area (Å²) in [6.45, 7) is 3.99. The van der Waals surface area contributed by atoms with Gasteiger partial charge in [0.25, 0.3) is 5.69 Å². The van der Waals surface area contributed by atoms with Crippen LogP contribution >= 0.6 is 0 Å². The molecule has 1 N–H and O–H groups in total. The van der Waals surface area contributed by atoms with Crippen LogP contribution in [0, 0.1) is 24.0 Å². The topological polar surface area (TPSA) is 107 Å². The Bertz CT molecular complexity index is 1390. The van der Waals surface area contributed by atoms with Crippen LogP contribution in [0.5, 0.6) is 5.75 Å². The predicted octanol–water partition coefficient (Wildman–Crippen LogP) is 5.21. The minimum absolute atomic E-state index is 0.00446. The molecule has 0 fully saturated rings. The molecule has 8 nitrogen and oxygen atoms in total. The summed E-state index contributed by atoms with van der Waals surface area (Å²) in [7, 11) is 0. The molecule has 4 rings (SSSR count). The molecule has 0 radical (unpaired) electrons. The Balaban J connectivity index is 1.58. The molecule has 0 saturated heterocycles. The van der Waals surface area contributed by atoms with Gasteiger partial charge in [-0.3, -0.25) is 15.5 Å². The number of hydrogen-bond acceptors (Lipinski definition) is 7. The molecule has 0 unspecified atom stereocenters. The van der Waals surface area contributed by atoms with Crippen LogP contribution in [0.25, 0.3) is 11.0 Å².